The predicted molar refractivity (Wildman–Crippen MR) is 114 cm³/mol. The van der Waals surface area contributed by atoms with E-state index in [0.29, 0.717) is 5.56 Å². The molecule has 0 fully saturated rings. The van der Waals surface area contributed by atoms with Gasteiger partial charge in [-0.25, -0.2) is 0 Å². The summed E-state index contributed by atoms with van der Waals surface area (Å²) in [6.45, 7) is 6.39. The summed E-state index contributed by atoms with van der Waals surface area (Å²) in [6, 6.07) is 3.30. The highest BCUT2D eigenvalue weighted by Gasteiger charge is 2.30. The number of phenols is 1. The summed E-state index contributed by atoms with van der Waals surface area (Å²) in [4.78, 5) is 48.5. The molecule has 0 saturated carbocycles. The molecule has 0 spiro atoms. The Kier molecular flexibility index (Phi) is 9.94. The van der Waals surface area contributed by atoms with Crippen molar-refractivity contribution in [1.29, 1.82) is 0 Å². The fraction of sp³-hybridized carbons (Fsp3) is 0.524. The van der Waals surface area contributed by atoms with Gasteiger partial charge in [-0.15, -0.1) is 0 Å². The summed E-state index contributed by atoms with van der Waals surface area (Å²) in [7, 11) is 0. The van der Waals surface area contributed by atoms with Crippen molar-refractivity contribution >= 4 is 23.7 Å². The van der Waals surface area contributed by atoms with Gasteiger partial charge in [0.15, 0.2) is 0 Å². The van der Waals surface area contributed by atoms with Gasteiger partial charge in [0, 0.05) is 6.42 Å². The maximum Gasteiger partial charge on any atom is 0.322 e. The monoisotopic (exact) mass is 436 g/mol. The minimum absolute atomic E-state index is 0.0607. The van der Waals surface area contributed by atoms with E-state index in [0.717, 1.165) is 0 Å². The van der Waals surface area contributed by atoms with E-state index in [-0.39, 0.29) is 24.0 Å². The Balaban J connectivity index is 3.03. The van der Waals surface area contributed by atoms with Crippen LogP contribution in [0.3, 0.4) is 0 Å². The lowest BCUT2D eigenvalue weighted by Crippen LogP contribution is -2.58. The third-order valence-electron chi connectivity index (χ3n) is 4.69. The summed E-state index contributed by atoms with van der Waals surface area (Å²) in [5.41, 5.74) is 6.56. The Morgan fingerprint density at radius 2 is 1.48 bits per heavy atom. The van der Waals surface area contributed by atoms with Gasteiger partial charge in [-0.05, 0) is 29.5 Å². The molecule has 0 aromatic heterocycles. The van der Waals surface area contributed by atoms with Crippen molar-refractivity contribution in [3.63, 3.8) is 0 Å². The van der Waals surface area contributed by atoms with Gasteiger partial charge in [-0.1, -0.05) is 39.8 Å². The molecule has 10 nitrogen and oxygen atoms in total. The second-order valence-electron chi connectivity index (χ2n) is 8.04. The molecule has 7 N–H and O–H groups in total. The van der Waals surface area contributed by atoms with E-state index < -0.39 is 48.4 Å². The maximum absolute atomic E-state index is 13.0. The van der Waals surface area contributed by atoms with Crippen LogP contribution in [0.15, 0.2) is 24.3 Å². The Hall–Kier alpha value is -3.14. The van der Waals surface area contributed by atoms with Crippen molar-refractivity contribution in [2.45, 2.75) is 52.2 Å². The number of aliphatic carboxylic acids is 1. The average Bonchev–Trinajstić information content (AvgIpc) is 2.69. The van der Waals surface area contributed by atoms with Crippen molar-refractivity contribution in [1.82, 2.24) is 16.0 Å². The Labute approximate surface area is 181 Å². The molecule has 0 bridgehead atoms. The lowest BCUT2D eigenvalue weighted by atomic mass is 9.99. The van der Waals surface area contributed by atoms with Crippen LogP contribution in [-0.4, -0.2) is 58.6 Å². The number of phenolic OH excluding ortho intramolecular Hbond substituents is 1. The molecule has 1 aromatic carbocycles. The number of rotatable bonds is 11. The highest BCUT2D eigenvalue weighted by molar-refractivity contribution is 5.94. The van der Waals surface area contributed by atoms with Crippen LogP contribution in [0.2, 0.25) is 0 Å². The van der Waals surface area contributed by atoms with Crippen LogP contribution in [-0.2, 0) is 25.6 Å². The number of carbonyl (C=O) groups excluding carboxylic acids is 3. The van der Waals surface area contributed by atoms with Gasteiger partial charge < -0.3 is 31.9 Å². The summed E-state index contributed by atoms with van der Waals surface area (Å²) in [5.74, 6) is -3.39. The van der Waals surface area contributed by atoms with Gasteiger partial charge in [-0.2, -0.15) is 0 Å². The summed E-state index contributed by atoms with van der Waals surface area (Å²) < 4.78 is 0. The first-order chi connectivity index (χ1) is 14.4. The number of carboxylic acid groups (broad SMARTS) is 1. The number of nitrogens with two attached hydrogens (primary N) is 1. The molecule has 0 radical (unpaired) electrons. The third-order valence-corrected chi connectivity index (χ3v) is 4.69. The van der Waals surface area contributed by atoms with E-state index in [1.807, 2.05) is 0 Å². The lowest BCUT2D eigenvalue weighted by Gasteiger charge is -2.26. The standard InChI is InChI=1S/C21H32N4O6/c1-11(2)17(22)20(30)24-15(9-13-5-7-14(26)8-6-13)19(29)25-18(12(3)4)21(31)23-10-16(27)28/h5-8,11-12,15,17-18,26H,9-10,22H2,1-4H3,(H,23,31)(H,24,30)(H,25,29)(H,27,28)/t15-,17-,18-/m0/s1. The normalized spacial score (nSPS) is 13.9. The van der Waals surface area contributed by atoms with Crippen LogP contribution < -0.4 is 21.7 Å². The number of nitrogens with one attached hydrogen (secondary N) is 3. The van der Waals surface area contributed by atoms with Crippen LogP contribution in [0, 0.1) is 11.8 Å². The van der Waals surface area contributed by atoms with Gasteiger partial charge in [0.05, 0.1) is 6.04 Å². The summed E-state index contributed by atoms with van der Waals surface area (Å²) in [5, 5.41) is 25.7. The van der Waals surface area contributed by atoms with Crippen molar-refractivity contribution < 1.29 is 29.4 Å². The zero-order valence-electron chi connectivity index (χ0n) is 18.2. The first-order valence-corrected chi connectivity index (χ1v) is 10.1. The minimum atomic E-state index is -1.21. The molecule has 3 atom stereocenters. The average molecular weight is 437 g/mol. The van der Waals surface area contributed by atoms with E-state index in [9.17, 15) is 24.3 Å². The van der Waals surface area contributed by atoms with Gasteiger partial charge in [-0.3, -0.25) is 19.2 Å². The fourth-order valence-corrected chi connectivity index (χ4v) is 2.71. The zero-order valence-corrected chi connectivity index (χ0v) is 18.2. The third kappa shape index (κ3) is 8.63. The molecule has 1 rings (SSSR count). The van der Waals surface area contributed by atoms with Crippen molar-refractivity contribution in [3.8, 4) is 5.75 Å². The number of carbonyl (C=O) groups is 4. The molecule has 0 heterocycles. The van der Waals surface area contributed by atoms with Crippen LogP contribution in [0.1, 0.15) is 33.3 Å². The Morgan fingerprint density at radius 3 is 1.97 bits per heavy atom. The lowest BCUT2D eigenvalue weighted by molar-refractivity contribution is -0.139. The number of aromatic hydroxyl groups is 1. The number of amides is 3. The van der Waals surface area contributed by atoms with Crippen LogP contribution in [0.25, 0.3) is 0 Å². The molecule has 0 unspecified atom stereocenters. The van der Waals surface area contributed by atoms with Gasteiger partial charge >= 0.3 is 5.97 Å². The molecular weight excluding hydrogens is 404 g/mol. The molecule has 0 saturated heterocycles. The molecule has 31 heavy (non-hydrogen) atoms. The zero-order chi connectivity index (χ0) is 23.7. The minimum Gasteiger partial charge on any atom is -0.508 e. The van der Waals surface area contributed by atoms with E-state index in [2.05, 4.69) is 16.0 Å². The molecule has 3 amide bonds. The van der Waals surface area contributed by atoms with Crippen molar-refractivity contribution in [2.75, 3.05) is 6.54 Å². The highest BCUT2D eigenvalue weighted by atomic mass is 16.4. The first-order valence-electron chi connectivity index (χ1n) is 10.1. The van der Waals surface area contributed by atoms with E-state index in [1.165, 1.54) is 12.1 Å². The SMILES string of the molecule is CC(C)[C@H](N)C(=O)N[C@@H](Cc1ccc(O)cc1)C(=O)N[C@H](C(=O)NCC(=O)O)C(C)C. The molecule has 0 aliphatic carbocycles. The van der Waals surface area contributed by atoms with Crippen molar-refractivity contribution in [3.05, 3.63) is 29.8 Å². The number of hydrogen-bond acceptors (Lipinski definition) is 6. The molecule has 172 valence electrons. The van der Waals surface area contributed by atoms with Gasteiger partial charge in [0.25, 0.3) is 0 Å². The molecular formula is C21H32N4O6. The predicted octanol–water partition coefficient (Wildman–Crippen LogP) is -0.256. The number of carboxylic acids is 1. The number of hydrogen-bond donors (Lipinski definition) is 6. The summed E-state index contributed by atoms with van der Waals surface area (Å²) in [6.07, 6.45) is 0.101. The fourth-order valence-electron chi connectivity index (χ4n) is 2.71. The largest absolute Gasteiger partial charge is 0.508 e. The second kappa shape index (κ2) is 11.9. The van der Waals surface area contributed by atoms with Crippen LogP contribution >= 0.6 is 0 Å². The molecule has 0 aliphatic rings. The quantitative estimate of drug-likeness (QED) is 0.277. The topological polar surface area (TPSA) is 171 Å². The second-order valence-corrected chi connectivity index (χ2v) is 8.04. The van der Waals surface area contributed by atoms with Crippen LogP contribution in [0.4, 0.5) is 0 Å². The van der Waals surface area contributed by atoms with E-state index in [4.69, 9.17) is 10.8 Å². The number of benzene rings is 1. The maximum atomic E-state index is 13.0. The van der Waals surface area contributed by atoms with E-state index >= 15 is 0 Å². The summed E-state index contributed by atoms with van der Waals surface area (Å²) >= 11 is 0. The smallest absolute Gasteiger partial charge is 0.322 e. The molecule has 0 aliphatic heterocycles. The molecule has 1 aromatic rings. The van der Waals surface area contributed by atoms with Gasteiger partial charge in [0.1, 0.15) is 24.4 Å². The Morgan fingerprint density at radius 1 is 0.903 bits per heavy atom. The molecule has 10 heteroatoms. The first kappa shape index (κ1) is 25.9. The van der Waals surface area contributed by atoms with Gasteiger partial charge in [0.2, 0.25) is 17.7 Å². The van der Waals surface area contributed by atoms with Crippen molar-refractivity contribution in [2.24, 2.45) is 17.6 Å². The van der Waals surface area contributed by atoms with E-state index in [1.54, 1.807) is 39.8 Å². The highest BCUT2D eigenvalue weighted by Crippen LogP contribution is 2.12. The van der Waals surface area contributed by atoms with Crippen LogP contribution in [0.5, 0.6) is 5.75 Å². The Bertz CT molecular complexity index is 779.